The summed E-state index contributed by atoms with van der Waals surface area (Å²) < 4.78 is 0.952. The van der Waals surface area contributed by atoms with Crippen molar-refractivity contribution < 1.29 is 9.59 Å². The van der Waals surface area contributed by atoms with Crippen molar-refractivity contribution in [3.05, 3.63) is 28.7 Å². The van der Waals surface area contributed by atoms with Gasteiger partial charge < -0.3 is 16.4 Å². The van der Waals surface area contributed by atoms with Gasteiger partial charge in [0.1, 0.15) is 0 Å². The summed E-state index contributed by atoms with van der Waals surface area (Å²) in [6.45, 7) is 2.36. The molecule has 0 saturated heterocycles. The molecule has 0 bridgehead atoms. The second kappa shape index (κ2) is 7.91. The molecule has 0 aromatic heterocycles. The van der Waals surface area contributed by atoms with Gasteiger partial charge in [0.15, 0.2) is 0 Å². The molecule has 0 fully saturated rings. The van der Waals surface area contributed by atoms with Crippen molar-refractivity contribution in [2.45, 2.75) is 13.3 Å². The maximum atomic E-state index is 11.6. The summed E-state index contributed by atoms with van der Waals surface area (Å²) in [6.07, 6.45) is 0.235. The highest BCUT2D eigenvalue weighted by Crippen LogP contribution is 2.14. The van der Waals surface area contributed by atoms with E-state index in [4.69, 9.17) is 5.73 Å². The standard InChI is InChI=1S/C13H18BrN3O2/c1-9(8-15)13(19)16-7-6-12(18)17-11-4-2-10(14)3-5-11/h2-5,9H,6-8,15H2,1H3,(H,16,19)(H,17,18). The van der Waals surface area contributed by atoms with Crippen LogP contribution in [0.5, 0.6) is 0 Å². The highest BCUT2D eigenvalue weighted by atomic mass is 79.9. The molecule has 1 atom stereocenters. The topological polar surface area (TPSA) is 84.2 Å². The van der Waals surface area contributed by atoms with Crippen molar-refractivity contribution in [2.75, 3.05) is 18.4 Å². The lowest BCUT2D eigenvalue weighted by Gasteiger charge is -2.10. The normalized spacial score (nSPS) is 11.7. The second-order valence-electron chi connectivity index (χ2n) is 4.23. The van der Waals surface area contributed by atoms with Crippen LogP contribution in [0.25, 0.3) is 0 Å². The van der Waals surface area contributed by atoms with Gasteiger partial charge >= 0.3 is 0 Å². The summed E-state index contributed by atoms with van der Waals surface area (Å²) in [4.78, 5) is 23.0. The third-order valence-corrected chi connectivity index (χ3v) is 3.11. The van der Waals surface area contributed by atoms with Crippen LogP contribution < -0.4 is 16.4 Å². The van der Waals surface area contributed by atoms with Gasteiger partial charge in [0.05, 0.1) is 0 Å². The van der Waals surface area contributed by atoms with E-state index in [9.17, 15) is 9.59 Å². The summed E-state index contributed by atoms with van der Waals surface area (Å²) in [5, 5.41) is 5.42. The van der Waals surface area contributed by atoms with Gasteiger partial charge in [0.2, 0.25) is 11.8 Å². The fourth-order valence-corrected chi connectivity index (χ4v) is 1.60. The molecule has 19 heavy (non-hydrogen) atoms. The van der Waals surface area contributed by atoms with Crippen LogP contribution in [0.3, 0.4) is 0 Å². The molecule has 0 aliphatic heterocycles. The van der Waals surface area contributed by atoms with Crippen molar-refractivity contribution in [2.24, 2.45) is 11.7 Å². The Balaban J connectivity index is 2.28. The highest BCUT2D eigenvalue weighted by Gasteiger charge is 2.10. The van der Waals surface area contributed by atoms with E-state index in [0.29, 0.717) is 13.1 Å². The molecule has 4 N–H and O–H groups in total. The van der Waals surface area contributed by atoms with Gasteiger partial charge in [-0.1, -0.05) is 22.9 Å². The number of hydrogen-bond acceptors (Lipinski definition) is 3. The van der Waals surface area contributed by atoms with E-state index < -0.39 is 0 Å². The van der Waals surface area contributed by atoms with Crippen LogP contribution in [0, 0.1) is 5.92 Å². The third-order valence-electron chi connectivity index (χ3n) is 2.58. The number of anilines is 1. The van der Waals surface area contributed by atoms with Crippen LogP contribution in [0.15, 0.2) is 28.7 Å². The molecule has 0 aliphatic rings. The van der Waals surface area contributed by atoms with E-state index in [1.54, 1.807) is 19.1 Å². The Morgan fingerprint density at radius 1 is 1.32 bits per heavy atom. The fourth-order valence-electron chi connectivity index (χ4n) is 1.34. The predicted molar refractivity (Wildman–Crippen MR) is 78.6 cm³/mol. The SMILES string of the molecule is CC(CN)C(=O)NCCC(=O)Nc1ccc(Br)cc1. The average molecular weight is 328 g/mol. The molecule has 1 rings (SSSR count). The molecule has 1 aromatic carbocycles. The Hall–Kier alpha value is -1.40. The molecular weight excluding hydrogens is 310 g/mol. The van der Waals surface area contributed by atoms with Crippen LogP contribution in [-0.4, -0.2) is 24.9 Å². The van der Waals surface area contributed by atoms with E-state index >= 15 is 0 Å². The number of carbonyl (C=O) groups is 2. The fraction of sp³-hybridized carbons (Fsp3) is 0.385. The van der Waals surface area contributed by atoms with Crippen molar-refractivity contribution in [3.8, 4) is 0 Å². The first-order valence-corrected chi connectivity index (χ1v) is 6.85. The van der Waals surface area contributed by atoms with Crippen LogP contribution in [0.1, 0.15) is 13.3 Å². The minimum absolute atomic E-state index is 0.126. The number of benzene rings is 1. The molecule has 1 unspecified atom stereocenters. The Kier molecular flexibility index (Phi) is 6.52. The van der Waals surface area contributed by atoms with Gasteiger partial charge in [0, 0.05) is 35.6 Å². The van der Waals surface area contributed by atoms with Crippen LogP contribution in [0.4, 0.5) is 5.69 Å². The van der Waals surface area contributed by atoms with Crippen molar-refractivity contribution in [1.29, 1.82) is 0 Å². The summed E-state index contributed by atoms with van der Waals surface area (Å²) >= 11 is 3.32. The first-order valence-electron chi connectivity index (χ1n) is 6.06. The Morgan fingerprint density at radius 3 is 2.53 bits per heavy atom. The number of hydrogen-bond donors (Lipinski definition) is 3. The minimum Gasteiger partial charge on any atom is -0.355 e. The van der Waals surface area contributed by atoms with E-state index in [1.165, 1.54) is 0 Å². The summed E-state index contributed by atoms with van der Waals surface area (Å²) in [5.74, 6) is -0.489. The predicted octanol–water partition coefficient (Wildman–Crippen LogP) is 1.49. The van der Waals surface area contributed by atoms with Crippen LogP contribution in [-0.2, 0) is 9.59 Å². The Labute approximate surface area is 121 Å². The Morgan fingerprint density at radius 2 is 1.95 bits per heavy atom. The highest BCUT2D eigenvalue weighted by molar-refractivity contribution is 9.10. The monoisotopic (exact) mass is 327 g/mol. The van der Waals surface area contributed by atoms with Crippen molar-refractivity contribution >= 4 is 33.4 Å². The lowest BCUT2D eigenvalue weighted by Crippen LogP contribution is -2.35. The number of rotatable bonds is 6. The zero-order valence-electron chi connectivity index (χ0n) is 10.8. The molecule has 5 nitrogen and oxygen atoms in total. The van der Waals surface area contributed by atoms with Crippen LogP contribution >= 0.6 is 15.9 Å². The molecule has 0 aliphatic carbocycles. The third kappa shape index (κ3) is 5.85. The van der Waals surface area contributed by atoms with Gasteiger partial charge in [0.25, 0.3) is 0 Å². The molecule has 0 heterocycles. The first-order chi connectivity index (χ1) is 9.02. The summed E-state index contributed by atoms with van der Waals surface area (Å²) in [7, 11) is 0. The smallest absolute Gasteiger partial charge is 0.226 e. The second-order valence-corrected chi connectivity index (χ2v) is 5.15. The zero-order chi connectivity index (χ0) is 14.3. The average Bonchev–Trinajstić information content (AvgIpc) is 2.40. The molecule has 0 saturated carbocycles. The van der Waals surface area contributed by atoms with Gasteiger partial charge in [-0.05, 0) is 24.3 Å². The van der Waals surface area contributed by atoms with Crippen molar-refractivity contribution in [1.82, 2.24) is 5.32 Å². The molecule has 2 amide bonds. The van der Waals surface area contributed by atoms with E-state index in [2.05, 4.69) is 26.6 Å². The molecule has 1 aromatic rings. The molecule has 6 heteroatoms. The number of halogens is 1. The number of nitrogens with one attached hydrogen (secondary N) is 2. The van der Waals surface area contributed by atoms with Gasteiger partial charge in [-0.2, -0.15) is 0 Å². The molecule has 0 radical (unpaired) electrons. The van der Waals surface area contributed by atoms with Gasteiger partial charge in [-0.15, -0.1) is 0 Å². The quantitative estimate of drug-likeness (QED) is 0.740. The van der Waals surface area contributed by atoms with E-state index in [1.807, 2.05) is 12.1 Å². The Bertz CT molecular complexity index is 434. The maximum Gasteiger partial charge on any atom is 0.226 e. The molecule has 104 valence electrons. The number of carbonyl (C=O) groups excluding carboxylic acids is 2. The maximum absolute atomic E-state index is 11.6. The minimum atomic E-state index is -0.227. The molecule has 0 spiro atoms. The first kappa shape index (κ1) is 15.7. The van der Waals surface area contributed by atoms with E-state index in [-0.39, 0.29) is 24.2 Å². The molecular formula is C13H18BrN3O2. The van der Waals surface area contributed by atoms with E-state index in [0.717, 1.165) is 10.2 Å². The summed E-state index contributed by atoms with van der Waals surface area (Å²) in [6, 6.07) is 7.30. The largest absolute Gasteiger partial charge is 0.355 e. The lowest BCUT2D eigenvalue weighted by atomic mass is 10.1. The van der Waals surface area contributed by atoms with Crippen LogP contribution in [0.2, 0.25) is 0 Å². The number of amides is 2. The number of nitrogens with two attached hydrogens (primary N) is 1. The lowest BCUT2D eigenvalue weighted by molar-refractivity contribution is -0.124. The zero-order valence-corrected chi connectivity index (χ0v) is 12.4. The van der Waals surface area contributed by atoms with Gasteiger partial charge in [-0.25, -0.2) is 0 Å². The van der Waals surface area contributed by atoms with Gasteiger partial charge in [-0.3, -0.25) is 9.59 Å². The van der Waals surface area contributed by atoms with Crippen molar-refractivity contribution in [3.63, 3.8) is 0 Å². The summed E-state index contributed by atoms with van der Waals surface area (Å²) in [5.41, 5.74) is 6.11.